The summed E-state index contributed by atoms with van der Waals surface area (Å²) in [5.41, 5.74) is -5.24. The lowest BCUT2D eigenvalue weighted by Gasteiger charge is -2.38. The normalized spacial score (nSPS) is 14.4. The summed E-state index contributed by atoms with van der Waals surface area (Å²) < 4.78 is 108. The van der Waals surface area contributed by atoms with Crippen molar-refractivity contribution in [2.45, 2.75) is 128 Å². The smallest absolute Gasteiger partial charge is 0.325 e. The van der Waals surface area contributed by atoms with Gasteiger partial charge in [-0.2, -0.15) is 26.3 Å². The number of alkyl halides is 6. The predicted molar refractivity (Wildman–Crippen MR) is 126 cm³/mol. The van der Waals surface area contributed by atoms with E-state index in [1.807, 2.05) is 0 Å². The first kappa shape index (κ1) is 36.6. The van der Waals surface area contributed by atoms with Crippen LogP contribution in [0.3, 0.4) is 0 Å². The van der Waals surface area contributed by atoms with Crippen LogP contribution in [0.15, 0.2) is 0 Å². The number of hydrogen-bond acceptors (Lipinski definition) is 5. The van der Waals surface area contributed by atoms with Gasteiger partial charge >= 0.3 is 31.1 Å². The molecular weight excluding hydrogens is 522 g/mol. The fraction of sp³-hybridized carbons (Fsp3) is 1.00. The summed E-state index contributed by atoms with van der Waals surface area (Å²) in [6, 6.07) is 0. The number of unbranched alkanes of at least 4 members (excludes halogenated alkanes) is 5. The van der Waals surface area contributed by atoms with Crippen LogP contribution in [0, 0.1) is 5.92 Å². The van der Waals surface area contributed by atoms with Crippen molar-refractivity contribution in [2.24, 2.45) is 11.7 Å². The molecule has 0 saturated carbocycles. The molecule has 0 aromatic rings. The van der Waals surface area contributed by atoms with Crippen LogP contribution >= 0.6 is 0 Å². The highest BCUT2D eigenvalue weighted by atomic mass is 32.3. The number of rotatable bonds is 16. The van der Waals surface area contributed by atoms with Crippen molar-refractivity contribution < 1.29 is 43.2 Å². The van der Waals surface area contributed by atoms with E-state index in [9.17, 15) is 43.2 Å². The molecule has 0 aromatic heterocycles. The molecule has 0 bridgehead atoms. The Labute approximate surface area is 206 Å². The fourth-order valence-corrected chi connectivity index (χ4v) is 5.51. The van der Waals surface area contributed by atoms with Gasteiger partial charge in [-0.15, -0.1) is 0 Å². The van der Waals surface area contributed by atoms with E-state index in [1.54, 1.807) is 0 Å². The second-order valence-corrected chi connectivity index (χ2v) is 12.4. The molecule has 0 aliphatic rings. The van der Waals surface area contributed by atoms with Gasteiger partial charge in [0.05, 0.1) is 0 Å². The third-order valence-electron chi connectivity index (χ3n) is 5.70. The molecular formula is C21H42F6N2O4S2. The van der Waals surface area contributed by atoms with Gasteiger partial charge in [-0.05, 0) is 31.6 Å². The Morgan fingerprint density at radius 1 is 0.629 bits per heavy atom. The Morgan fingerprint density at radius 3 is 1.29 bits per heavy atom. The average molecular weight is 565 g/mol. The second-order valence-electron chi connectivity index (χ2n) is 8.76. The van der Waals surface area contributed by atoms with Crippen LogP contribution in [0.5, 0.6) is 0 Å². The monoisotopic (exact) mass is 564 g/mol. The first-order valence-electron chi connectivity index (χ1n) is 12.0. The lowest BCUT2D eigenvalue weighted by Crippen LogP contribution is -2.47. The third-order valence-corrected chi connectivity index (χ3v) is 8.67. The summed E-state index contributed by atoms with van der Waals surface area (Å²) in [6.45, 7) is 9.18. The highest BCUT2D eigenvalue weighted by molar-refractivity contribution is 8.05. The Bertz CT molecular complexity index is 720. The molecule has 1 unspecified atom stereocenters. The van der Waals surface area contributed by atoms with E-state index in [1.165, 1.54) is 83.5 Å². The van der Waals surface area contributed by atoms with E-state index in [2.05, 4.69) is 27.7 Å². The molecule has 0 spiro atoms. The second kappa shape index (κ2) is 16.3. The highest BCUT2D eigenvalue weighted by Crippen LogP contribution is 2.34. The van der Waals surface area contributed by atoms with Crippen molar-refractivity contribution >= 4 is 20.0 Å². The maximum atomic E-state index is 11.5. The van der Waals surface area contributed by atoms with Crippen LogP contribution in [-0.4, -0.2) is 33.4 Å². The van der Waals surface area contributed by atoms with Crippen LogP contribution in [-0.2, 0) is 20.0 Å². The molecule has 0 aromatic carbocycles. The Hall–Kier alpha value is -0.600. The van der Waals surface area contributed by atoms with Crippen LogP contribution in [0.1, 0.15) is 111 Å². The number of nitrogens with one attached hydrogen (secondary N) is 1. The van der Waals surface area contributed by atoms with Crippen LogP contribution in [0.2, 0.25) is 0 Å². The lowest BCUT2D eigenvalue weighted by atomic mass is 9.72. The highest BCUT2D eigenvalue weighted by Gasteiger charge is 2.55. The molecule has 14 heteroatoms. The van der Waals surface area contributed by atoms with E-state index in [-0.39, 0.29) is 5.54 Å². The lowest BCUT2D eigenvalue weighted by molar-refractivity contribution is -0.0476. The SMILES string of the molecule is CCCCCC(CCCC)C(N)(CCCC)CCCC.O=S(=O)(NS(=O)(=O)C(F)(F)F)C(F)(F)F. The van der Waals surface area contributed by atoms with Crippen LogP contribution in [0.25, 0.3) is 0 Å². The summed E-state index contributed by atoms with van der Waals surface area (Å²) >= 11 is 0. The molecule has 0 amide bonds. The van der Waals surface area contributed by atoms with Gasteiger partial charge in [-0.1, -0.05) is 89.6 Å². The topological polar surface area (TPSA) is 106 Å². The summed E-state index contributed by atoms with van der Waals surface area (Å²) in [4.78, 5) is 0. The van der Waals surface area contributed by atoms with E-state index in [0.717, 1.165) is 5.92 Å². The number of nitrogens with two attached hydrogens (primary N) is 1. The molecule has 214 valence electrons. The Balaban J connectivity index is 0. The van der Waals surface area contributed by atoms with Gasteiger partial charge in [-0.3, -0.25) is 0 Å². The third kappa shape index (κ3) is 14.1. The molecule has 6 nitrogen and oxygen atoms in total. The van der Waals surface area contributed by atoms with Crippen LogP contribution < -0.4 is 9.86 Å². The van der Waals surface area contributed by atoms with Crippen molar-refractivity contribution in [2.75, 3.05) is 0 Å². The van der Waals surface area contributed by atoms with Crippen molar-refractivity contribution in [3.05, 3.63) is 0 Å². The average Bonchev–Trinajstić information content (AvgIpc) is 2.71. The van der Waals surface area contributed by atoms with Crippen LogP contribution in [0.4, 0.5) is 26.3 Å². The van der Waals surface area contributed by atoms with Gasteiger partial charge in [0.1, 0.15) is 0 Å². The van der Waals surface area contributed by atoms with Gasteiger partial charge < -0.3 is 5.73 Å². The zero-order valence-electron chi connectivity index (χ0n) is 21.1. The number of halogens is 6. The van der Waals surface area contributed by atoms with E-state index in [0.29, 0.717) is 0 Å². The molecule has 0 heterocycles. The maximum Gasteiger partial charge on any atom is 0.512 e. The fourth-order valence-electron chi connectivity index (χ4n) is 3.59. The summed E-state index contributed by atoms with van der Waals surface area (Å²) in [5.74, 6) is 0.757. The van der Waals surface area contributed by atoms with Crippen molar-refractivity contribution in [1.29, 1.82) is 0 Å². The van der Waals surface area contributed by atoms with Crippen molar-refractivity contribution in [1.82, 2.24) is 4.13 Å². The minimum Gasteiger partial charge on any atom is -0.325 e. The van der Waals surface area contributed by atoms with Gasteiger partial charge in [0.15, 0.2) is 0 Å². The molecule has 0 saturated heterocycles. The van der Waals surface area contributed by atoms with Gasteiger partial charge in [-0.25, -0.2) is 16.8 Å². The van der Waals surface area contributed by atoms with E-state index < -0.39 is 35.2 Å². The zero-order chi connectivity index (χ0) is 28.0. The van der Waals surface area contributed by atoms with E-state index in [4.69, 9.17) is 5.73 Å². The Kier molecular flexibility index (Phi) is 17.0. The van der Waals surface area contributed by atoms with Gasteiger partial charge in [0.2, 0.25) is 0 Å². The first-order valence-corrected chi connectivity index (χ1v) is 15.0. The molecule has 0 aliphatic carbocycles. The molecule has 0 aliphatic heterocycles. The molecule has 0 rings (SSSR count). The van der Waals surface area contributed by atoms with E-state index >= 15 is 0 Å². The molecule has 0 fully saturated rings. The maximum absolute atomic E-state index is 11.5. The molecule has 1 atom stereocenters. The number of hydrogen-bond donors (Lipinski definition) is 2. The summed E-state index contributed by atoms with van der Waals surface area (Å²) in [7, 11) is -13.2. The molecule has 3 N–H and O–H groups in total. The Morgan fingerprint density at radius 2 is 0.971 bits per heavy atom. The number of sulfonamides is 2. The summed E-state index contributed by atoms with van der Waals surface area (Å²) in [5, 5.41) is 0. The van der Waals surface area contributed by atoms with Crippen molar-refractivity contribution in [3.63, 3.8) is 0 Å². The largest absolute Gasteiger partial charge is 0.512 e. The van der Waals surface area contributed by atoms with Gasteiger partial charge in [0, 0.05) is 5.54 Å². The standard InChI is InChI=1S/C19H41N.C2HF6NO4S2/c1-5-9-13-15-18(14-10-6-2)19(20,16-11-7-3)17-12-8-4;3-1(4,5)14(10,11)9-15(12,13)2(6,7)8/h18H,5-17,20H2,1-4H3;9H. The summed E-state index contributed by atoms with van der Waals surface area (Å²) in [6.07, 6.45) is 17.1. The minimum absolute atomic E-state index is 0.120. The zero-order valence-corrected chi connectivity index (χ0v) is 22.7. The minimum atomic E-state index is -6.60. The molecule has 0 radical (unpaired) electrons. The quantitative estimate of drug-likeness (QED) is 0.160. The predicted octanol–water partition coefficient (Wildman–Crippen LogP) is 6.73. The van der Waals surface area contributed by atoms with Gasteiger partial charge in [0.25, 0.3) is 0 Å². The van der Waals surface area contributed by atoms with Crippen molar-refractivity contribution in [3.8, 4) is 0 Å². The molecule has 35 heavy (non-hydrogen) atoms. The first-order chi connectivity index (χ1) is 15.8.